The molecular formula is C28H36O4S. The number of esters is 1. The third-order valence-corrected chi connectivity index (χ3v) is 8.05. The molecule has 3 rings (SSSR count). The molecule has 0 radical (unpaired) electrons. The smallest absolute Gasteiger partial charge is 0.337 e. The number of aliphatic hydroxyl groups is 1. The second kappa shape index (κ2) is 9.86. The normalized spacial score (nSPS) is 13.2. The van der Waals surface area contributed by atoms with Crippen molar-refractivity contribution in [1.29, 1.82) is 0 Å². The molecule has 0 spiro atoms. The van der Waals surface area contributed by atoms with Gasteiger partial charge in [0, 0.05) is 15.0 Å². The van der Waals surface area contributed by atoms with Gasteiger partial charge >= 0.3 is 5.97 Å². The van der Waals surface area contributed by atoms with Crippen molar-refractivity contribution in [1.82, 2.24) is 0 Å². The lowest BCUT2D eigenvalue weighted by Gasteiger charge is -2.32. The summed E-state index contributed by atoms with van der Waals surface area (Å²) in [6, 6.07) is 14.4. The molecule has 0 aliphatic rings. The van der Waals surface area contributed by atoms with Gasteiger partial charge in [-0.1, -0.05) is 52.8 Å². The predicted molar refractivity (Wildman–Crippen MR) is 137 cm³/mol. The second-order valence-corrected chi connectivity index (χ2v) is 10.9. The molecule has 33 heavy (non-hydrogen) atoms. The number of hydrogen-bond donors (Lipinski definition) is 1. The summed E-state index contributed by atoms with van der Waals surface area (Å²) >= 11 is 1.75. The van der Waals surface area contributed by atoms with Crippen LogP contribution in [0.25, 0.3) is 10.1 Å². The molecule has 0 saturated carbocycles. The van der Waals surface area contributed by atoms with Crippen molar-refractivity contribution in [3.63, 3.8) is 0 Å². The quantitative estimate of drug-likeness (QED) is 0.366. The van der Waals surface area contributed by atoms with Gasteiger partial charge < -0.3 is 14.6 Å². The molecule has 0 aliphatic carbocycles. The maximum atomic E-state index is 12.0. The average Bonchev–Trinajstić information content (AvgIpc) is 3.22. The predicted octanol–water partition coefficient (Wildman–Crippen LogP) is 6.89. The number of thiophene rings is 1. The summed E-state index contributed by atoms with van der Waals surface area (Å²) in [7, 11) is 1.41. The maximum Gasteiger partial charge on any atom is 0.337 e. The molecule has 0 fully saturated rings. The zero-order chi connectivity index (χ0) is 24.4. The van der Waals surface area contributed by atoms with Gasteiger partial charge in [0.15, 0.2) is 0 Å². The first kappa shape index (κ1) is 25.3. The van der Waals surface area contributed by atoms with Crippen molar-refractivity contribution in [2.75, 3.05) is 13.7 Å². The number of fused-ring (bicyclic) bond motifs is 1. The summed E-state index contributed by atoms with van der Waals surface area (Å²) in [5.74, 6) is 0.495. The van der Waals surface area contributed by atoms with E-state index in [0.29, 0.717) is 5.56 Å². The minimum Gasteiger partial charge on any atom is -0.491 e. The molecule has 4 nitrogen and oxygen atoms in total. The molecule has 1 N–H and O–H groups in total. The Morgan fingerprint density at radius 3 is 2.33 bits per heavy atom. The first-order valence-electron chi connectivity index (χ1n) is 11.6. The van der Waals surface area contributed by atoms with Crippen LogP contribution in [0.4, 0.5) is 0 Å². The Morgan fingerprint density at radius 1 is 1.06 bits per heavy atom. The molecule has 1 aromatic heterocycles. The number of benzene rings is 2. The number of hydrogen-bond acceptors (Lipinski definition) is 5. The first-order valence-corrected chi connectivity index (χ1v) is 12.4. The van der Waals surface area contributed by atoms with E-state index in [0.717, 1.165) is 34.2 Å². The van der Waals surface area contributed by atoms with Crippen LogP contribution in [0.15, 0.2) is 42.5 Å². The molecule has 1 heterocycles. The number of aryl methyl sites for hydroxylation is 1. The van der Waals surface area contributed by atoms with Crippen LogP contribution in [0.2, 0.25) is 0 Å². The van der Waals surface area contributed by atoms with E-state index in [1.807, 2.05) is 45.0 Å². The van der Waals surface area contributed by atoms with E-state index < -0.39 is 6.10 Å². The minimum atomic E-state index is -0.532. The van der Waals surface area contributed by atoms with Crippen LogP contribution >= 0.6 is 11.3 Å². The molecule has 0 saturated heterocycles. The summed E-state index contributed by atoms with van der Waals surface area (Å²) in [6.45, 7) is 12.8. The molecule has 2 aromatic carbocycles. The zero-order valence-electron chi connectivity index (χ0n) is 20.8. The Balaban J connectivity index is 1.96. The molecule has 0 amide bonds. The highest BCUT2D eigenvalue weighted by molar-refractivity contribution is 7.19. The number of ether oxygens (including phenoxy) is 2. The molecule has 0 bridgehead atoms. The van der Waals surface area contributed by atoms with Crippen molar-refractivity contribution in [3.05, 3.63) is 64.0 Å². The van der Waals surface area contributed by atoms with E-state index in [1.165, 1.54) is 17.6 Å². The first-order chi connectivity index (χ1) is 15.6. The summed E-state index contributed by atoms with van der Waals surface area (Å²) in [4.78, 5) is 13.3. The SMILES string of the molecule is CCC(CC)(c1ccc(OCC(O)C(C)(C)C)c(C)c1)c1cc2ccc(C(=O)OC)cc2s1. The molecule has 3 aromatic rings. The monoisotopic (exact) mass is 468 g/mol. The van der Waals surface area contributed by atoms with Crippen LogP contribution in [0.1, 0.15) is 73.8 Å². The third-order valence-electron chi connectivity index (χ3n) is 6.74. The van der Waals surface area contributed by atoms with E-state index in [2.05, 4.69) is 39.0 Å². The second-order valence-electron chi connectivity index (χ2n) is 9.82. The molecular weight excluding hydrogens is 432 g/mol. The summed E-state index contributed by atoms with van der Waals surface area (Å²) in [5.41, 5.74) is 2.56. The van der Waals surface area contributed by atoms with Crippen LogP contribution in [-0.4, -0.2) is 30.9 Å². The van der Waals surface area contributed by atoms with E-state index in [-0.39, 0.29) is 23.4 Å². The van der Waals surface area contributed by atoms with Gasteiger partial charge in [-0.25, -0.2) is 4.79 Å². The van der Waals surface area contributed by atoms with Crippen LogP contribution < -0.4 is 4.74 Å². The number of rotatable bonds is 8. The Bertz CT molecular complexity index is 1120. The largest absolute Gasteiger partial charge is 0.491 e. The van der Waals surface area contributed by atoms with E-state index >= 15 is 0 Å². The minimum absolute atomic E-state index is 0.122. The maximum absolute atomic E-state index is 12.0. The highest BCUT2D eigenvalue weighted by atomic mass is 32.1. The lowest BCUT2D eigenvalue weighted by atomic mass is 9.74. The lowest BCUT2D eigenvalue weighted by Crippen LogP contribution is -2.32. The van der Waals surface area contributed by atoms with Gasteiger partial charge in [-0.05, 0) is 66.0 Å². The fourth-order valence-electron chi connectivity index (χ4n) is 4.19. The third kappa shape index (κ3) is 5.10. The van der Waals surface area contributed by atoms with Crippen LogP contribution in [-0.2, 0) is 10.2 Å². The van der Waals surface area contributed by atoms with Gasteiger partial charge in [0.2, 0.25) is 0 Å². The van der Waals surface area contributed by atoms with Gasteiger partial charge in [0.1, 0.15) is 12.4 Å². The van der Waals surface area contributed by atoms with Gasteiger partial charge in [-0.3, -0.25) is 0 Å². The molecule has 5 heteroatoms. The topological polar surface area (TPSA) is 55.8 Å². The Hall–Kier alpha value is -2.37. The van der Waals surface area contributed by atoms with E-state index in [4.69, 9.17) is 9.47 Å². The number of aliphatic hydroxyl groups excluding tert-OH is 1. The molecule has 0 aliphatic heterocycles. The molecule has 1 unspecified atom stereocenters. The van der Waals surface area contributed by atoms with Gasteiger partial charge in [-0.2, -0.15) is 0 Å². The van der Waals surface area contributed by atoms with Gasteiger partial charge in [0.25, 0.3) is 0 Å². The summed E-state index contributed by atoms with van der Waals surface area (Å²) in [6.07, 6.45) is 1.39. The molecule has 1 atom stereocenters. The standard InChI is InChI=1S/C28H36O4S/c1-8-28(9-2,25-16-19-10-11-20(26(30)31-7)15-23(19)33-25)21-12-13-22(18(3)14-21)32-17-24(29)27(4,5)6/h10-16,24,29H,8-9,17H2,1-7H3. The van der Waals surface area contributed by atoms with Crippen LogP contribution in [0.5, 0.6) is 5.75 Å². The zero-order valence-corrected chi connectivity index (χ0v) is 21.6. The Kier molecular flexibility index (Phi) is 7.55. The van der Waals surface area contributed by atoms with Crippen molar-refractivity contribution in [2.24, 2.45) is 5.41 Å². The molecule has 178 valence electrons. The number of methoxy groups -OCH3 is 1. The number of carbonyl (C=O) groups is 1. The summed E-state index contributed by atoms with van der Waals surface area (Å²) < 4.78 is 11.9. The highest BCUT2D eigenvalue weighted by Crippen LogP contribution is 2.45. The van der Waals surface area contributed by atoms with E-state index in [1.54, 1.807) is 11.3 Å². The van der Waals surface area contributed by atoms with E-state index in [9.17, 15) is 9.90 Å². The Morgan fingerprint density at radius 2 is 1.76 bits per heavy atom. The Labute approximate surface area is 201 Å². The van der Waals surface area contributed by atoms with Crippen molar-refractivity contribution in [3.8, 4) is 5.75 Å². The fraction of sp³-hybridized carbons (Fsp3) is 0.464. The van der Waals surface area contributed by atoms with Crippen LogP contribution in [0.3, 0.4) is 0 Å². The van der Waals surface area contributed by atoms with Crippen molar-refractivity contribution < 1.29 is 19.4 Å². The average molecular weight is 469 g/mol. The van der Waals surface area contributed by atoms with Gasteiger partial charge in [-0.15, -0.1) is 11.3 Å². The fourth-order valence-corrected chi connectivity index (χ4v) is 5.64. The van der Waals surface area contributed by atoms with Crippen molar-refractivity contribution in [2.45, 2.75) is 65.9 Å². The van der Waals surface area contributed by atoms with Crippen molar-refractivity contribution >= 4 is 27.4 Å². The summed E-state index contributed by atoms with van der Waals surface area (Å²) in [5, 5.41) is 11.5. The van der Waals surface area contributed by atoms with Crippen LogP contribution in [0, 0.1) is 12.3 Å². The van der Waals surface area contributed by atoms with Gasteiger partial charge in [0.05, 0.1) is 18.8 Å². The lowest BCUT2D eigenvalue weighted by molar-refractivity contribution is 0.0216. The number of carbonyl (C=O) groups excluding carboxylic acids is 1. The highest BCUT2D eigenvalue weighted by Gasteiger charge is 2.33.